The lowest BCUT2D eigenvalue weighted by atomic mass is 9.98. The van der Waals surface area contributed by atoms with Crippen molar-refractivity contribution in [2.24, 2.45) is 0 Å². The van der Waals surface area contributed by atoms with Gasteiger partial charge in [-0.25, -0.2) is 0 Å². The largest absolute Gasteiger partial charge is 0.365 e. The minimum atomic E-state index is -0.932. The van der Waals surface area contributed by atoms with Crippen molar-refractivity contribution in [3.8, 4) is 0 Å². The van der Waals surface area contributed by atoms with Gasteiger partial charge in [0.25, 0.3) is 0 Å². The smallest absolute Gasteiger partial charge is 0.246 e. The van der Waals surface area contributed by atoms with Crippen molar-refractivity contribution in [1.82, 2.24) is 20.9 Å². The summed E-state index contributed by atoms with van der Waals surface area (Å²) in [6.07, 6.45) is 5.32. The third-order valence-corrected chi connectivity index (χ3v) is 7.60. The van der Waals surface area contributed by atoms with E-state index >= 15 is 0 Å². The van der Waals surface area contributed by atoms with Gasteiger partial charge in [-0.3, -0.25) is 19.2 Å². The Morgan fingerprint density at radius 2 is 1.84 bits per heavy atom. The Labute approximate surface area is 219 Å². The molecule has 0 radical (unpaired) electrons. The SMILES string of the molecule is CC1(C)NC[C@H](CCCCCC(=O)C2CO2)NC(=O)[C@H]2CCCN2C(=O)[C@H](Cc2ccccc2)NC1=O. The van der Waals surface area contributed by atoms with Crippen LogP contribution in [0, 0.1) is 0 Å². The molecule has 3 amide bonds. The topological polar surface area (TPSA) is 120 Å². The second kappa shape index (κ2) is 12.2. The lowest BCUT2D eigenvalue weighted by molar-refractivity contribution is -0.142. The number of nitrogens with zero attached hydrogens (tertiary/aromatic N) is 1. The molecule has 3 aliphatic rings. The standard InChI is InChI=1S/C28H40N4O5/c1-28(2)27(36)31-21(16-19-10-5-3-6-11-19)26(35)32-15-9-13-22(32)25(34)30-20(17-29-28)12-7-4-8-14-23(33)24-18-37-24/h3,5-6,10-11,20-22,24,29H,4,7-9,12-18H2,1-2H3,(H,30,34)(H,31,36)/t20-,21-,22+,24?/m0/s1. The van der Waals surface area contributed by atoms with Gasteiger partial charge in [-0.15, -0.1) is 0 Å². The molecule has 1 unspecified atom stereocenters. The molecule has 9 nitrogen and oxygen atoms in total. The minimum absolute atomic E-state index is 0.137. The summed E-state index contributed by atoms with van der Waals surface area (Å²) < 4.78 is 5.04. The molecule has 202 valence electrons. The van der Waals surface area contributed by atoms with Gasteiger partial charge in [-0.1, -0.05) is 43.2 Å². The van der Waals surface area contributed by atoms with E-state index in [-0.39, 0.29) is 35.7 Å². The molecule has 3 fully saturated rings. The van der Waals surface area contributed by atoms with E-state index in [2.05, 4.69) is 16.0 Å². The van der Waals surface area contributed by atoms with Crippen molar-refractivity contribution < 1.29 is 23.9 Å². The Balaban J connectivity index is 1.43. The van der Waals surface area contributed by atoms with E-state index in [0.29, 0.717) is 39.0 Å². The first-order valence-electron chi connectivity index (χ1n) is 13.6. The van der Waals surface area contributed by atoms with Crippen LogP contribution in [0.1, 0.15) is 64.4 Å². The van der Waals surface area contributed by atoms with Crippen molar-refractivity contribution in [2.45, 2.75) is 95.0 Å². The number of epoxide rings is 1. The Hall–Kier alpha value is -2.78. The molecule has 3 N–H and O–H groups in total. The molecule has 3 heterocycles. The number of ketones is 1. The summed E-state index contributed by atoms with van der Waals surface area (Å²) in [6.45, 7) is 5.08. The number of unbranched alkanes of at least 4 members (excludes halogenated alkanes) is 2. The van der Waals surface area contributed by atoms with E-state index in [0.717, 1.165) is 37.7 Å². The maximum absolute atomic E-state index is 13.7. The molecule has 37 heavy (non-hydrogen) atoms. The number of fused-ring (bicyclic) bond motifs is 1. The van der Waals surface area contributed by atoms with Gasteiger partial charge >= 0.3 is 0 Å². The van der Waals surface area contributed by atoms with Crippen LogP contribution in [0.2, 0.25) is 0 Å². The van der Waals surface area contributed by atoms with Crippen LogP contribution in [0.4, 0.5) is 0 Å². The quantitative estimate of drug-likeness (QED) is 0.341. The number of ether oxygens (including phenoxy) is 1. The summed E-state index contributed by atoms with van der Waals surface area (Å²) in [5.74, 6) is -0.428. The number of amides is 3. The third-order valence-electron chi connectivity index (χ3n) is 7.60. The molecule has 3 saturated heterocycles. The highest BCUT2D eigenvalue weighted by molar-refractivity contribution is 5.94. The summed E-state index contributed by atoms with van der Waals surface area (Å²) in [4.78, 5) is 53.8. The molecule has 3 aliphatic heterocycles. The van der Waals surface area contributed by atoms with E-state index < -0.39 is 17.6 Å². The maximum Gasteiger partial charge on any atom is 0.246 e. The molecule has 0 spiro atoms. The van der Waals surface area contributed by atoms with Crippen LogP contribution in [-0.4, -0.2) is 77.9 Å². The highest BCUT2D eigenvalue weighted by Gasteiger charge is 2.40. The summed E-state index contributed by atoms with van der Waals surface area (Å²) in [5, 5.41) is 9.46. The fourth-order valence-corrected chi connectivity index (χ4v) is 5.13. The molecule has 4 rings (SSSR count). The normalized spacial score (nSPS) is 27.9. The lowest BCUT2D eigenvalue weighted by Crippen LogP contribution is -2.63. The molecular weight excluding hydrogens is 472 g/mol. The molecule has 9 heteroatoms. The second-order valence-electron chi connectivity index (χ2n) is 11.0. The summed E-state index contributed by atoms with van der Waals surface area (Å²) in [6, 6.07) is 8.15. The van der Waals surface area contributed by atoms with Crippen LogP contribution in [0.15, 0.2) is 30.3 Å². The molecule has 0 aromatic heterocycles. The number of Topliss-reactive ketones (excluding diaryl/α,β-unsaturated/α-hetero) is 1. The van der Waals surface area contributed by atoms with Crippen LogP contribution in [0.25, 0.3) is 0 Å². The third kappa shape index (κ3) is 7.38. The van der Waals surface area contributed by atoms with E-state index in [4.69, 9.17) is 4.74 Å². The zero-order valence-electron chi connectivity index (χ0n) is 22.0. The monoisotopic (exact) mass is 512 g/mol. The zero-order valence-corrected chi connectivity index (χ0v) is 22.0. The van der Waals surface area contributed by atoms with Gasteiger partial charge in [0.2, 0.25) is 17.7 Å². The Morgan fingerprint density at radius 1 is 1.08 bits per heavy atom. The fraction of sp³-hybridized carbons (Fsp3) is 0.643. The van der Waals surface area contributed by atoms with E-state index in [1.807, 2.05) is 30.3 Å². The van der Waals surface area contributed by atoms with Gasteiger partial charge < -0.3 is 25.6 Å². The number of nitrogens with one attached hydrogen (secondary N) is 3. The van der Waals surface area contributed by atoms with Gasteiger partial charge in [0.05, 0.1) is 12.1 Å². The van der Waals surface area contributed by atoms with Gasteiger partial charge in [0.1, 0.15) is 18.2 Å². The first kappa shape index (κ1) is 27.3. The van der Waals surface area contributed by atoms with Gasteiger partial charge in [0.15, 0.2) is 5.78 Å². The number of hydrogen-bond donors (Lipinski definition) is 3. The first-order valence-corrected chi connectivity index (χ1v) is 13.6. The predicted octanol–water partition coefficient (Wildman–Crippen LogP) is 1.49. The molecule has 0 saturated carbocycles. The van der Waals surface area contributed by atoms with Gasteiger partial charge in [-0.2, -0.15) is 0 Å². The Bertz CT molecular complexity index is 978. The number of hydrogen-bond acceptors (Lipinski definition) is 6. The molecule has 0 aliphatic carbocycles. The predicted molar refractivity (Wildman–Crippen MR) is 139 cm³/mol. The lowest BCUT2D eigenvalue weighted by Gasteiger charge is -2.35. The second-order valence-corrected chi connectivity index (χ2v) is 11.0. The summed E-state index contributed by atoms with van der Waals surface area (Å²) >= 11 is 0. The van der Waals surface area contributed by atoms with Gasteiger partial charge in [-0.05, 0) is 45.1 Å². The van der Waals surface area contributed by atoms with Crippen molar-refractivity contribution in [2.75, 3.05) is 19.7 Å². The van der Waals surface area contributed by atoms with Crippen molar-refractivity contribution in [1.29, 1.82) is 0 Å². The molecular formula is C28H40N4O5. The zero-order chi connectivity index (χ0) is 26.4. The molecule has 1 aromatic carbocycles. The molecule has 4 atom stereocenters. The first-order chi connectivity index (χ1) is 17.7. The van der Waals surface area contributed by atoms with Crippen molar-refractivity contribution in [3.05, 3.63) is 35.9 Å². The summed E-state index contributed by atoms with van der Waals surface area (Å²) in [7, 11) is 0. The Morgan fingerprint density at radius 3 is 2.57 bits per heavy atom. The van der Waals surface area contributed by atoms with Crippen molar-refractivity contribution in [3.63, 3.8) is 0 Å². The van der Waals surface area contributed by atoms with E-state index in [9.17, 15) is 19.2 Å². The van der Waals surface area contributed by atoms with Crippen LogP contribution in [0.5, 0.6) is 0 Å². The van der Waals surface area contributed by atoms with Crippen LogP contribution in [-0.2, 0) is 30.3 Å². The van der Waals surface area contributed by atoms with Crippen LogP contribution < -0.4 is 16.0 Å². The van der Waals surface area contributed by atoms with Gasteiger partial charge in [0, 0.05) is 32.0 Å². The number of carbonyl (C=O) groups excluding carboxylic acids is 4. The highest BCUT2D eigenvalue weighted by Crippen LogP contribution is 2.22. The highest BCUT2D eigenvalue weighted by atomic mass is 16.6. The maximum atomic E-state index is 13.7. The number of benzene rings is 1. The van der Waals surface area contributed by atoms with Crippen molar-refractivity contribution >= 4 is 23.5 Å². The molecule has 1 aromatic rings. The van der Waals surface area contributed by atoms with Crippen LogP contribution >= 0.6 is 0 Å². The Kier molecular flexibility index (Phi) is 8.97. The minimum Gasteiger partial charge on any atom is -0.365 e. The number of carbonyl (C=O) groups is 4. The average molecular weight is 513 g/mol. The van der Waals surface area contributed by atoms with E-state index in [1.165, 1.54) is 0 Å². The average Bonchev–Trinajstić information content (AvgIpc) is 3.62. The fourth-order valence-electron chi connectivity index (χ4n) is 5.13. The molecule has 0 bridgehead atoms. The summed E-state index contributed by atoms with van der Waals surface area (Å²) in [5.41, 5.74) is 0.0176. The van der Waals surface area contributed by atoms with Crippen LogP contribution in [0.3, 0.4) is 0 Å². The van der Waals surface area contributed by atoms with E-state index in [1.54, 1.807) is 18.7 Å². The number of rotatable bonds is 9.